The quantitative estimate of drug-likeness (QED) is 0.352. The number of benzene rings is 3. The van der Waals surface area contributed by atoms with Crippen LogP contribution in [0.25, 0.3) is 10.2 Å². The molecule has 0 saturated carbocycles. The molecule has 0 spiro atoms. The van der Waals surface area contributed by atoms with Crippen LogP contribution >= 0.6 is 11.3 Å². The van der Waals surface area contributed by atoms with Gasteiger partial charge >= 0.3 is 5.97 Å². The van der Waals surface area contributed by atoms with E-state index in [9.17, 15) is 14.0 Å². The van der Waals surface area contributed by atoms with Gasteiger partial charge in [0.1, 0.15) is 5.82 Å². The number of fused-ring (bicyclic) bond motifs is 1. The van der Waals surface area contributed by atoms with Gasteiger partial charge in [-0.15, -0.1) is 11.3 Å². The highest BCUT2D eigenvalue weighted by molar-refractivity contribution is 7.18. The molecule has 1 amide bonds. The second-order valence-corrected chi connectivity index (χ2v) is 8.32. The fraction of sp³-hybridized carbons (Fsp3) is 0.160. The van der Waals surface area contributed by atoms with Gasteiger partial charge in [-0.05, 0) is 49.2 Å². The molecular weight excluding hydrogens is 427 g/mol. The van der Waals surface area contributed by atoms with E-state index < -0.39 is 23.8 Å². The van der Waals surface area contributed by atoms with Crippen LogP contribution in [0.2, 0.25) is 0 Å². The highest BCUT2D eigenvalue weighted by Crippen LogP contribution is 2.24. The third kappa shape index (κ3) is 5.56. The Labute approximate surface area is 188 Å². The lowest BCUT2D eigenvalue weighted by Gasteiger charge is -2.18. The number of anilines is 1. The summed E-state index contributed by atoms with van der Waals surface area (Å²) in [5, 5.41) is 3.64. The van der Waals surface area contributed by atoms with E-state index in [0.29, 0.717) is 24.1 Å². The predicted molar refractivity (Wildman–Crippen MR) is 123 cm³/mol. The first-order valence-electron chi connectivity index (χ1n) is 10.2. The van der Waals surface area contributed by atoms with E-state index in [1.807, 2.05) is 30.3 Å². The summed E-state index contributed by atoms with van der Waals surface area (Å²) in [4.78, 5) is 29.9. The second kappa shape index (κ2) is 10.2. The maximum Gasteiger partial charge on any atom is 0.306 e. The number of thiazole rings is 1. The number of carbonyl (C=O) groups excluding carboxylic acids is 2. The molecule has 0 fully saturated rings. The fourth-order valence-electron chi connectivity index (χ4n) is 3.24. The Morgan fingerprint density at radius 1 is 0.969 bits per heavy atom. The number of halogens is 1. The molecule has 1 unspecified atom stereocenters. The molecule has 5 nitrogen and oxygen atoms in total. The van der Waals surface area contributed by atoms with E-state index in [4.69, 9.17) is 4.74 Å². The van der Waals surface area contributed by atoms with E-state index in [1.54, 1.807) is 35.6 Å². The number of aromatic nitrogens is 1. The van der Waals surface area contributed by atoms with Crippen molar-refractivity contribution in [3.05, 3.63) is 95.3 Å². The molecule has 162 valence electrons. The predicted octanol–water partition coefficient (Wildman–Crippen LogP) is 5.68. The summed E-state index contributed by atoms with van der Waals surface area (Å²) in [6.07, 6.45) is 0.297. The number of aryl methyl sites for hydroxylation is 1. The Morgan fingerprint density at radius 2 is 1.69 bits per heavy atom. The third-order valence-electron chi connectivity index (χ3n) is 4.81. The first-order valence-corrected chi connectivity index (χ1v) is 11.1. The monoisotopic (exact) mass is 448 g/mol. The number of para-hydroxylation sites is 1. The van der Waals surface area contributed by atoms with Gasteiger partial charge in [0.25, 0.3) is 5.91 Å². The highest BCUT2D eigenvalue weighted by atomic mass is 32.1. The minimum absolute atomic E-state index is 0.170. The number of nitrogens with one attached hydrogen (secondary N) is 1. The summed E-state index contributed by atoms with van der Waals surface area (Å²) in [6.45, 7) is 0. The normalized spacial score (nSPS) is 11.8. The van der Waals surface area contributed by atoms with E-state index in [1.165, 1.54) is 24.3 Å². The van der Waals surface area contributed by atoms with Gasteiger partial charge in [-0.25, -0.2) is 9.37 Å². The molecule has 4 aromatic rings. The van der Waals surface area contributed by atoms with Crippen molar-refractivity contribution in [2.75, 3.05) is 5.32 Å². The Kier molecular flexibility index (Phi) is 6.87. The number of amides is 1. The SMILES string of the molecule is O=C(CCCc1nc2ccccc2s1)OC(C(=O)Nc1ccc(F)cc1)c1ccccc1. The van der Waals surface area contributed by atoms with Crippen molar-refractivity contribution in [3.8, 4) is 0 Å². The molecular formula is C25H21FN2O3S. The van der Waals surface area contributed by atoms with Gasteiger partial charge in [0.2, 0.25) is 6.10 Å². The summed E-state index contributed by atoms with van der Waals surface area (Å²) < 4.78 is 19.8. The zero-order valence-electron chi connectivity index (χ0n) is 17.2. The molecule has 0 aliphatic heterocycles. The van der Waals surface area contributed by atoms with E-state index in [-0.39, 0.29) is 6.42 Å². The first kappa shape index (κ1) is 21.6. The van der Waals surface area contributed by atoms with Crippen molar-refractivity contribution >= 4 is 39.1 Å². The number of carbonyl (C=O) groups is 2. The maximum absolute atomic E-state index is 13.1. The molecule has 7 heteroatoms. The van der Waals surface area contributed by atoms with Gasteiger partial charge in [-0.2, -0.15) is 0 Å². The molecule has 1 atom stereocenters. The maximum atomic E-state index is 13.1. The number of ether oxygens (including phenoxy) is 1. The zero-order valence-corrected chi connectivity index (χ0v) is 18.0. The number of nitrogens with zero attached hydrogens (tertiary/aromatic N) is 1. The van der Waals surface area contributed by atoms with Crippen LogP contribution in [-0.2, 0) is 20.7 Å². The largest absolute Gasteiger partial charge is 0.447 e. The van der Waals surface area contributed by atoms with E-state index in [2.05, 4.69) is 10.3 Å². The Bertz CT molecular complexity index is 1180. The van der Waals surface area contributed by atoms with Crippen molar-refractivity contribution in [2.45, 2.75) is 25.4 Å². The molecule has 0 bridgehead atoms. The molecule has 32 heavy (non-hydrogen) atoms. The lowest BCUT2D eigenvalue weighted by atomic mass is 10.1. The summed E-state index contributed by atoms with van der Waals surface area (Å²) in [6, 6.07) is 22.1. The van der Waals surface area contributed by atoms with Crippen LogP contribution in [0.4, 0.5) is 10.1 Å². The molecule has 0 saturated heterocycles. The molecule has 1 heterocycles. The van der Waals surface area contributed by atoms with Gasteiger partial charge in [-0.1, -0.05) is 42.5 Å². The van der Waals surface area contributed by atoms with Crippen molar-refractivity contribution < 1.29 is 18.7 Å². The van der Waals surface area contributed by atoms with Crippen molar-refractivity contribution in [3.63, 3.8) is 0 Å². The summed E-state index contributed by atoms with van der Waals surface area (Å²) >= 11 is 1.61. The zero-order chi connectivity index (χ0) is 22.3. The number of rotatable bonds is 8. The summed E-state index contributed by atoms with van der Waals surface area (Å²) in [5.74, 6) is -1.36. The smallest absolute Gasteiger partial charge is 0.306 e. The second-order valence-electron chi connectivity index (χ2n) is 7.21. The first-order chi connectivity index (χ1) is 15.6. The van der Waals surface area contributed by atoms with Crippen LogP contribution in [-0.4, -0.2) is 16.9 Å². The Morgan fingerprint density at radius 3 is 2.44 bits per heavy atom. The van der Waals surface area contributed by atoms with Crippen LogP contribution in [0.15, 0.2) is 78.9 Å². The minimum Gasteiger partial charge on any atom is -0.447 e. The van der Waals surface area contributed by atoms with E-state index >= 15 is 0 Å². The molecule has 1 aromatic heterocycles. The summed E-state index contributed by atoms with van der Waals surface area (Å²) in [5.41, 5.74) is 1.94. The van der Waals surface area contributed by atoms with Crippen LogP contribution in [0, 0.1) is 5.82 Å². The van der Waals surface area contributed by atoms with E-state index in [0.717, 1.165) is 15.2 Å². The number of hydrogen-bond acceptors (Lipinski definition) is 5. The third-order valence-corrected chi connectivity index (χ3v) is 5.91. The van der Waals surface area contributed by atoms with Gasteiger partial charge in [0, 0.05) is 17.7 Å². The Balaban J connectivity index is 1.38. The molecule has 3 aromatic carbocycles. The average molecular weight is 449 g/mol. The standard InChI is InChI=1S/C25H21FN2O3S/c26-18-13-15-19(16-14-18)27-25(30)24(17-7-2-1-3-8-17)31-23(29)12-6-11-22-28-20-9-4-5-10-21(20)32-22/h1-5,7-10,13-16,24H,6,11-12H2,(H,27,30). The highest BCUT2D eigenvalue weighted by Gasteiger charge is 2.25. The fourth-order valence-corrected chi connectivity index (χ4v) is 4.25. The van der Waals surface area contributed by atoms with Crippen LogP contribution < -0.4 is 5.32 Å². The van der Waals surface area contributed by atoms with Gasteiger partial charge in [-0.3, -0.25) is 9.59 Å². The van der Waals surface area contributed by atoms with Gasteiger partial charge in [0.15, 0.2) is 0 Å². The van der Waals surface area contributed by atoms with Crippen LogP contribution in [0.5, 0.6) is 0 Å². The van der Waals surface area contributed by atoms with Crippen molar-refractivity contribution in [1.82, 2.24) is 4.98 Å². The molecule has 0 radical (unpaired) electrons. The van der Waals surface area contributed by atoms with Crippen molar-refractivity contribution in [1.29, 1.82) is 0 Å². The summed E-state index contributed by atoms with van der Waals surface area (Å²) in [7, 11) is 0. The Hall–Kier alpha value is -3.58. The van der Waals surface area contributed by atoms with Crippen LogP contribution in [0.3, 0.4) is 0 Å². The molecule has 1 N–H and O–H groups in total. The number of esters is 1. The molecule has 0 aliphatic rings. The van der Waals surface area contributed by atoms with Crippen molar-refractivity contribution in [2.24, 2.45) is 0 Å². The molecule has 0 aliphatic carbocycles. The number of hydrogen-bond donors (Lipinski definition) is 1. The van der Waals surface area contributed by atoms with Gasteiger partial charge < -0.3 is 10.1 Å². The van der Waals surface area contributed by atoms with Crippen LogP contribution in [0.1, 0.15) is 29.5 Å². The molecule has 4 rings (SSSR count). The minimum atomic E-state index is -1.10. The lowest BCUT2D eigenvalue weighted by Crippen LogP contribution is -2.25. The average Bonchev–Trinajstić information content (AvgIpc) is 3.22. The van der Waals surface area contributed by atoms with Gasteiger partial charge in [0.05, 0.1) is 15.2 Å². The topological polar surface area (TPSA) is 68.3 Å². The lowest BCUT2D eigenvalue weighted by molar-refractivity contribution is -0.154.